The van der Waals surface area contributed by atoms with E-state index in [0.717, 1.165) is 5.56 Å². The molecule has 0 aliphatic carbocycles. The van der Waals surface area contributed by atoms with Gasteiger partial charge in [0.25, 0.3) is 0 Å². The van der Waals surface area contributed by atoms with Crippen molar-refractivity contribution < 1.29 is 9.53 Å². The molecule has 0 aliphatic rings. The first kappa shape index (κ1) is 13.3. The van der Waals surface area contributed by atoms with E-state index < -0.39 is 5.97 Å². The van der Waals surface area contributed by atoms with Gasteiger partial charge >= 0.3 is 5.97 Å². The van der Waals surface area contributed by atoms with E-state index in [1.54, 1.807) is 31.2 Å². The van der Waals surface area contributed by atoms with Gasteiger partial charge in [-0.05, 0) is 31.2 Å². The summed E-state index contributed by atoms with van der Waals surface area (Å²) >= 11 is 5.82. The van der Waals surface area contributed by atoms with Crippen LogP contribution in [0.3, 0.4) is 0 Å². The lowest BCUT2D eigenvalue weighted by molar-refractivity contribution is 0.0593. The number of nitrogens with zero attached hydrogens (tertiary/aromatic N) is 2. The number of carbonyl (C=O) groups is 1. The molecule has 0 unspecified atom stereocenters. The summed E-state index contributed by atoms with van der Waals surface area (Å²) in [5.74, 6) is 0.0716. The van der Waals surface area contributed by atoms with Crippen LogP contribution in [0.15, 0.2) is 24.3 Å². The Balaban J connectivity index is 2.56. The molecule has 1 aromatic carbocycles. The molecule has 0 saturated heterocycles. The van der Waals surface area contributed by atoms with Gasteiger partial charge in [0, 0.05) is 16.1 Å². The fourth-order valence-corrected chi connectivity index (χ4v) is 1.68. The summed E-state index contributed by atoms with van der Waals surface area (Å²) < 4.78 is 4.68. The number of anilines is 1. The van der Waals surface area contributed by atoms with E-state index in [0.29, 0.717) is 16.4 Å². The predicted octanol–water partition coefficient (Wildman–Crippen LogP) is 2.47. The molecular weight excluding hydrogens is 266 g/mol. The van der Waals surface area contributed by atoms with E-state index in [9.17, 15) is 4.79 Å². The third-order valence-electron chi connectivity index (χ3n) is 2.66. The molecule has 0 fully saturated rings. The van der Waals surface area contributed by atoms with Gasteiger partial charge in [0.15, 0.2) is 11.5 Å². The number of methoxy groups -OCH3 is 1. The number of nitrogen functional groups attached to an aromatic ring is 1. The van der Waals surface area contributed by atoms with E-state index in [-0.39, 0.29) is 11.5 Å². The first-order chi connectivity index (χ1) is 9.02. The van der Waals surface area contributed by atoms with Gasteiger partial charge < -0.3 is 10.5 Å². The summed E-state index contributed by atoms with van der Waals surface area (Å²) in [6, 6.07) is 6.95. The number of halogens is 1. The Morgan fingerprint density at radius 2 is 1.89 bits per heavy atom. The van der Waals surface area contributed by atoms with Crippen molar-refractivity contribution in [2.75, 3.05) is 12.8 Å². The summed E-state index contributed by atoms with van der Waals surface area (Å²) in [6.45, 7) is 1.67. The van der Waals surface area contributed by atoms with Gasteiger partial charge in [0.05, 0.1) is 7.11 Å². The first-order valence-corrected chi connectivity index (χ1v) is 5.89. The van der Waals surface area contributed by atoms with Crippen molar-refractivity contribution in [2.45, 2.75) is 6.92 Å². The normalized spacial score (nSPS) is 10.3. The summed E-state index contributed by atoms with van der Waals surface area (Å²) in [4.78, 5) is 20.0. The van der Waals surface area contributed by atoms with E-state index in [4.69, 9.17) is 17.3 Å². The van der Waals surface area contributed by atoms with Crippen molar-refractivity contribution >= 4 is 23.4 Å². The third-order valence-corrected chi connectivity index (χ3v) is 2.92. The Morgan fingerprint density at radius 3 is 2.47 bits per heavy atom. The predicted molar refractivity (Wildman–Crippen MR) is 73.0 cm³/mol. The van der Waals surface area contributed by atoms with Gasteiger partial charge in [-0.3, -0.25) is 0 Å². The Labute approximate surface area is 115 Å². The lowest BCUT2D eigenvalue weighted by atomic mass is 10.2. The van der Waals surface area contributed by atoms with Crippen molar-refractivity contribution in [2.24, 2.45) is 0 Å². The molecule has 2 N–H and O–H groups in total. The molecule has 2 rings (SSSR count). The summed E-state index contributed by atoms with van der Waals surface area (Å²) in [5, 5.41) is 0.608. The molecule has 19 heavy (non-hydrogen) atoms. The van der Waals surface area contributed by atoms with Gasteiger partial charge in [-0.25, -0.2) is 14.8 Å². The monoisotopic (exact) mass is 277 g/mol. The van der Waals surface area contributed by atoms with Crippen LogP contribution >= 0.6 is 11.6 Å². The Morgan fingerprint density at radius 1 is 1.26 bits per heavy atom. The van der Waals surface area contributed by atoms with E-state index in [2.05, 4.69) is 14.7 Å². The second-order valence-corrected chi connectivity index (χ2v) is 4.34. The molecule has 0 bridgehead atoms. The van der Waals surface area contributed by atoms with E-state index >= 15 is 0 Å². The highest BCUT2D eigenvalue weighted by Crippen LogP contribution is 2.22. The zero-order chi connectivity index (χ0) is 14.0. The standard InChI is InChI=1S/C13H12ClN3O2/c1-7-10(13(18)19-2)16-12(17-11(7)15)8-3-5-9(14)6-4-8/h3-6H,1-2H3,(H2,15,16,17). The van der Waals surface area contributed by atoms with E-state index in [1.807, 2.05) is 0 Å². The molecule has 0 radical (unpaired) electrons. The number of rotatable bonds is 2. The molecule has 1 heterocycles. The minimum atomic E-state index is -0.540. The second kappa shape index (κ2) is 5.24. The van der Waals surface area contributed by atoms with Crippen molar-refractivity contribution in [1.82, 2.24) is 9.97 Å². The SMILES string of the molecule is COC(=O)c1nc(-c2ccc(Cl)cc2)nc(N)c1C. The number of ether oxygens (including phenoxy) is 1. The summed E-state index contributed by atoms with van der Waals surface area (Å²) in [5.41, 5.74) is 7.19. The maximum atomic E-state index is 11.6. The molecule has 0 amide bonds. The number of nitrogens with two attached hydrogens (primary N) is 1. The fourth-order valence-electron chi connectivity index (χ4n) is 1.56. The van der Waals surface area contributed by atoms with Crippen LogP contribution in [0.1, 0.15) is 16.1 Å². The maximum absolute atomic E-state index is 11.6. The van der Waals surface area contributed by atoms with Gasteiger partial charge in [0.2, 0.25) is 0 Å². The number of benzene rings is 1. The molecule has 0 saturated carbocycles. The number of aromatic nitrogens is 2. The smallest absolute Gasteiger partial charge is 0.357 e. The van der Waals surface area contributed by atoms with Gasteiger partial charge in [-0.15, -0.1) is 0 Å². The van der Waals surface area contributed by atoms with Gasteiger partial charge in [-0.2, -0.15) is 0 Å². The highest BCUT2D eigenvalue weighted by atomic mass is 35.5. The molecule has 2 aromatic rings. The number of hydrogen-bond acceptors (Lipinski definition) is 5. The first-order valence-electron chi connectivity index (χ1n) is 5.51. The zero-order valence-corrected chi connectivity index (χ0v) is 11.2. The quantitative estimate of drug-likeness (QED) is 0.853. The van der Waals surface area contributed by atoms with Gasteiger partial charge in [-0.1, -0.05) is 11.6 Å². The van der Waals surface area contributed by atoms with Crippen molar-refractivity contribution in [3.05, 3.63) is 40.5 Å². The molecule has 6 heteroatoms. The highest BCUT2D eigenvalue weighted by molar-refractivity contribution is 6.30. The van der Waals surface area contributed by atoms with Crippen molar-refractivity contribution in [3.8, 4) is 11.4 Å². The van der Waals surface area contributed by atoms with Crippen LogP contribution in [0.25, 0.3) is 11.4 Å². The van der Waals surface area contributed by atoms with Crippen LogP contribution in [0.5, 0.6) is 0 Å². The summed E-state index contributed by atoms with van der Waals surface area (Å²) in [7, 11) is 1.29. The molecular formula is C13H12ClN3O2. The minimum Gasteiger partial charge on any atom is -0.464 e. The van der Waals surface area contributed by atoms with Crippen molar-refractivity contribution in [3.63, 3.8) is 0 Å². The Bertz CT molecular complexity index is 627. The minimum absolute atomic E-state index is 0.167. The lowest BCUT2D eigenvalue weighted by Gasteiger charge is -2.08. The topological polar surface area (TPSA) is 78.1 Å². The van der Waals surface area contributed by atoms with Crippen LogP contribution in [-0.2, 0) is 4.74 Å². The average Bonchev–Trinajstić information content (AvgIpc) is 2.41. The average molecular weight is 278 g/mol. The molecule has 5 nitrogen and oxygen atoms in total. The van der Waals surface area contributed by atoms with E-state index in [1.165, 1.54) is 7.11 Å². The van der Waals surface area contributed by atoms with Crippen molar-refractivity contribution in [1.29, 1.82) is 0 Å². The molecule has 0 atom stereocenters. The molecule has 98 valence electrons. The van der Waals surface area contributed by atoms with Crippen LogP contribution < -0.4 is 5.73 Å². The summed E-state index contributed by atoms with van der Waals surface area (Å²) in [6.07, 6.45) is 0. The second-order valence-electron chi connectivity index (χ2n) is 3.90. The van der Waals surface area contributed by atoms with Crippen LogP contribution in [0.4, 0.5) is 5.82 Å². The molecule has 0 spiro atoms. The molecule has 1 aromatic heterocycles. The Hall–Kier alpha value is -2.14. The largest absolute Gasteiger partial charge is 0.464 e. The van der Waals surface area contributed by atoms with Crippen LogP contribution in [0.2, 0.25) is 5.02 Å². The number of carbonyl (C=O) groups excluding carboxylic acids is 1. The zero-order valence-electron chi connectivity index (χ0n) is 10.5. The maximum Gasteiger partial charge on any atom is 0.357 e. The fraction of sp³-hybridized carbons (Fsp3) is 0.154. The number of hydrogen-bond donors (Lipinski definition) is 1. The third kappa shape index (κ3) is 2.66. The molecule has 0 aliphatic heterocycles. The lowest BCUT2D eigenvalue weighted by Crippen LogP contribution is -2.11. The highest BCUT2D eigenvalue weighted by Gasteiger charge is 2.16. The Kier molecular flexibility index (Phi) is 3.66. The number of esters is 1. The van der Waals surface area contributed by atoms with Crippen LogP contribution in [0, 0.1) is 6.92 Å². The van der Waals surface area contributed by atoms with Crippen LogP contribution in [-0.4, -0.2) is 23.0 Å². The van der Waals surface area contributed by atoms with Gasteiger partial charge in [0.1, 0.15) is 5.82 Å².